The first-order valence-corrected chi connectivity index (χ1v) is 7.29. The molecule has 0 aromatic carbocycles. The first-order chi connectivity index (χ1) is 8.86. The predicted molar refractivity (Wildman–Crippen MR) is 75.7 cm³/mol. The van der Waals surface area contributed by atoms with Gasteiger partial charge >= 0.3 is 0 Å². The van der Waals surface area contributed by atoms with E-state index in [0.29, 0.717) is 0 Å². The third kappa shape index (κ3) is 7.28. The van der Waals surface area contributed by atoms with E-state index in [-0.39, 0.29) is 0 Å². The Balaban J connectivity index is 0.000000184. The Morgan fingerprint density at radius 1 is 0.722 bits per heavy atom. The van der Waals surface area contributed by atoms with Gasteiger partial charge in [0.15, 0.2) is 0 Å². The average Bonchev–Trinajstić information content (AvgIpc) is 2.75. The summed E-state index contributed by atoms with van der Waals surface area (Å²) in [5.41, 5.74) is 10.8. The van der Waals surface area contributed by atoms with E-state index < -0.39 is 0 Å². The zero-order valence-corrected chi connectivity index (χ0v) is 11.6. The van der Waals surface area contributed by atoms with Gasteiger partial charge in [-0.25, -0.2) is 0 Å². The van der Waals surface area contributed by atoms with Crippen molar-refractivity contribution in [3.05, 3.63) is 0 Å². The van der Waals surface area contributed by atoms with E-state index >= 15 is 0 Å². The van der Waals surface area contributed by atoms with Crippen LogP contribution in [-0.4, -0.2) is 75.4 Å². The van der Waals surface area contributed by atoms with Crippen LogP contribution in [0.25, 0.3) is 0 Å². The number of likely N-dealkylation sites (tertiary alicyclic amines) is 1. The zero-order chi connectivity index (χ0) is 13.1. The van der Waals surface area contributed by atoms with E-state index in [1.165, 1.54) is 25.9 Å². The molecule has 2 aliphatic heterocycles. The highest BCUT2D eigenvalue weighted by Crippen LogP contribution is 2.04. The highest BCUT2D eigenvalue weighted by Gasteiger charge is 2.08. The fraction of sp³-hybridized carbons (Fsp3) is 1.00. The molecule has 2 saturated heterocycles. The van der Waals surface area contributed by atoms with E-state index in [1.54, 1.807) is 0 Å². The maximum Gasteiger partial charge on any atom is 0.0593 e. The second-order valence-electron chi connectivity index (χ2n) is 4.93. The molecule has 0 spiro atoms. The summed E-state index contributed by atoms with van der Waals surface area (Å²) in [5.74, 6) is 0. The van der Waals surface area contributed by atoms with Gasteiger partial charge in [0, 0.05) is 45.9 Å². The molecule has 2 heterocycles. The van der Waals surface area contributed by atoms with E-state index in [2.05, 4.69) is 9.80 Å². The largest absolute Gasteiger partial charge is 0.380 e. The van der Waals surface area contributed by atoms with E-state index in [4.69, 9.17) is 16.2 Å². The molecule has 0 aromatic heterocycles. The fourth-order valence-electron chi connectivity index (χ4n) is 2.39. The van der Waals surface area contributed by atoms with Gasteiger partial charge in [-0.1, -0.05) is 0 Å². The first-order valence-electron chi connectivity index (χ1n) is 7.29. The highest BCUT2D eigenvalue weighted by molar-refractivity contribution is 4.65. The standard InChI is InChI=1S/C7H16N2O.C6H14N2/c8-2-4-9-3-1-6-10-7-5-9;7-3-6-8-4-1-2-5-8/h1-8H2;1-7H2. The Labute approximate surface area is 111 Å². The Kier molecular flexibility index (Phi) is 9.42. The number of rotatable bonds is 4. The number of hydrogen-bond donors (Lipinski definition) is 2. The van der Waals surface area contributed by atoms with Crippen LogP contribution >= 0.6 is 0 Å². The number of hydrogen-bond acceptors (Lipinski definition) is 5. The Morgan fingerprint density at radius 2 is 1.28 bits per heavy atom. The number of ether oxygens (including phenoxy) is 1. The molecule has 108 valence electrons. The van der Waals surface area contributed by atoms with Crippen molar-refractivity contribution >= 4 is 0 Å². The minimum atomic E-state index is 0.764. The van der Waals surface area contributed by atoms with Gasteiger partial charge in [0.2, 0.25) is 0 Å². The molecule has 0 atom stereocenters. The topological polar surface area (TPSA) is 67.8 Å². The van der Waals surface area contributed by atoms with Crippen molar-refractivity contribution in [1.29, 1.82) is 0 Å². The van der Waals surface area contributed by atoms with Crippen molar-refractivity contribution in [1.82, 2.24) is 9.80 Å². The summed E-state index contributed by atoms with van der Waals surface area (Å²) in [6.07, 6.45) is 3.90. The number of nitrogens with two attached hydrogens (primary N) is 2. The van der Waals surface area contributed by atoms with Crippen molar-refractivity contribution in [3.63, 3.8) is 0 Å². The van der Waals surface area contributed by atoms with E-state index in [0.717, 1.165) is 58.9 Å². The lowest BCUT2D eigenvalue weighted by Gasteiger charge is -2.16. The average molecular weight is 258 g/mol. The summed E-state index contributed by atoms with van der Waals surface area (Å²) in [5, 5.41) is 0. The van der Waals surface area contributed by atoms with Gasteiger partial charge in [-0.05, 0) is 32.4 Å². The highest BCUT2D eigenvalue weighted by atomic mass is 16.5. The molecule has 0 amide bonds. The molecule has 0 bridgehead atoms. The van der Waals surface area contributed by atoms with Gasteiger partial charge in [0.25, 0.3) is 0 Å². The van der Waals surface area contributed by atoms with Crippen molar-refractivity contribution in [2.24, 2.45) is 11.5 Å². The summed E-state index contributed by atoms with van der Waals surface area (Å²) in [4.78, 5) is 4.77. The van der Waals surface area contributed by atoms with E-state index in [1.807, 2.05) is 0 Å². The maximum absolute atomic E-state index is 5.43. The SMILES string of the molecule is NCCN1CCCC1.NCCN1CCCOCC1. The molecular formula is C13H30N4O. The van der Waals surface area contributed by atoms with Crippen LogP contribution in [0.15, 0.2) is 0 Å². The summed E-state index contributed by atoms with van der Waals surface area (Å²) in [6.45, 7) is 10.2. The second-order valence-corrected chi connectivity index (χ2v) is 4.93. The molecule has 0 unspecified atom stereocenters. The molecule has 0 saturated carbocycles. The molecular weight excluding hydrogens is 228 g/mol. The van der Waals surface area contributed by atoms with Gasteiger partial charge in [-0.2, -0.15) is 0 Å². The smallest absolute Gasteiger partial charge is 0.0593 e. The molecule has 0 radical (unpaired) electrons. The quantitative estimate of drug-likeness (QED) is 0.725. The lowest BCUT2D eigenvalue weighted by Crippen LogP contribution is -2.31. The van der Waals surface area contributed by atoms with Crippen LogP contribution in [0.2, 0.25) is 0 Å². The summed E-state index contributed by atoms with van der Waals surface area (Å²) >= 11 is 0. The summed E-state index contributed by atoms with van der Waals surface area (Å²) in [6, 6.07) is 0. The normalized spacial score (nSPS) is 22.3. The third-order valence-corrected chi connectivity index (χ3v) is 3.40. The Morgan fingerprint density at radius 3 is 1.89 bits per heavy atom. The summed E-state index contributed by atoms with van der Waals surface area (Å²) < 4.78 is 5.29. The van der Waals surface area contributed by atoms with Crippen molar-refractivity contribution in [2.75, 3.05) is 65.6 Å². The Hall–Kier alpha value is -0.200. The monoisotopic (exact) mass is 258 g/mol. The van der Waals surface area contributed by atoms with Crippen LogP contribution in [0.5, 0.6) is 0 Å². The number of nitrogens with zero attached hydrogens (tertiary/aromatic N) is 2. The molecule has 4 N–H and O–H groups in total. The molecule has 5 nitrogen and oxygen atoms in total. The predicted octanol–water partition coefficient (Wildman–Crippen LogP) is -0.292. The van der Waals surface area contributed by atoms with Crippen LogP contribution in [-0.2, 0) is 4.74 Å². The molecule has 2 rings (SSSR count). The van der Waals surface area contributed by atoms with E-state index in [9.17, 15) is 0 Å². The van der Waals surface area contributed by atoms with Crippen molar-refractivity contribution < 1.29 is 4.74 Å². The van der Waals surface area contributed by atoms with Gasteiger partial charge in [0.1, 0.15) is 0 Å². The van der Waals surface area contributed by atoms with Crippen LogP contribution in [0, 0.1) is 0 Å². The van der Waals surface area contributed by atoms with Gasteiger partial charge in [-0.3, -0.25) is 4.90 Å². The second kappa shape index (κ2) is 10.7. The maximum atomic E-state index is 5.43. The zero-order valence-electron chi connectivity index (χ0n) is 11.6. The van der Waals surface area contributed by atoms with Crippen LogP contribution in [0.4, 0.5) is 0 Å². The van der Waals surface area contributed by atoms with Crippen LogP contribution < -0.4 is 11.5 Å². The molecule has 5 heteroatoms. The van der Waals surface area contributed by atoms with Crippen LogP contribution in [0.3, 0.4) is 0 Å². The van der Waals surface area contributed by atoms with Gasteiger partial charge < -0.3 is 21.1 Å². The van der Waals surface area contributed by atoms with Crippen molar-refractivity contribution in [2.45, 2.75) is 19.3 Å². The van der Waals surface area contributed by atoms with Crippen molar-refractivity contribution in [3.8, 4) is 0 Å². The Bertz CT molecular complexity index is 178. The lowest BCUT2D eigenvalue weighted by molar-refractivity contribution is 0.142. The first kappa shape index (κ1) is 15.9. The third-order valence-electron chi connectivity index (χ3n) is 3.40. The molecule has 0 aliphatic carbocycles. The lowest BCUT2D eigenvalue weighted by atomic mass is 10.4. The minimum Gasteiger partial charge on any atom is -0.380 e. The molecule has 18 heavy (non-hydrogen) atoms. The molecule has 2 aliphatic rings. The minimum absolute atomic E-state index is 0.764. The van der Waals surface area contributed by atoms with Gasteiger partial charge in [-0.15, -0.1) is 0 Å². The van der Waals surface area contributed by atoms with Crippen LogP contribution in [0.1, 0.15) is 19.3 Å². The van der Waals surface area contributed by atoms with Gasteiger partial charge in [0.05, 0.1) is 6.61 Å². The molecule has 2 fully saturated rings. The summed E-state index contributed by atoms with van der Waals surface area (Å²) in [7, 11) is 0. The molecule has 0 aromatic rings. The fourth-order valence-corrected chi connectivity index (χ4v) is 2.39.